The number of rotatable bonds is 4. The van der Waals surface area contributed by atoms with E-state index in [-0.39, 0.29) is 32.3 Å². The monoisotopic (exact) mass is 567 g/mol. The first kappa shape index (κ1) is 26.4. The molecule has 1 saturated heterocycles. The fourth-order valence-electron chi connectivity index (χ4n) is 4.57. The van der Waals surface area contributed by atoms with Gasteiger partial charge in [-0.1, -0.05) is 29.8 Å². The van der Waals surface area contributed by atoms with Crippen molar-refractivity contribution in [3.05, 3.63) is 47.0 Å². The minimum Gasteiger partial charge on any atom is -0.455 e. The van der Waals surface area contributed by atoms with Crippen molar-refractivity contribution >= 4 is 48.9 Å². The zero-order chi connectivity index (χ0) is 26.6. The van der Waals surface area contributed by atoms with Gasteiger partial charge in [0.25, 0.3) is 0 Å². The van der Waals surface area contributed by atoms with E-state index < -0.39 is 44.2 Å². The Hall–Kier alpha value is -2.71. The molecule has 2 aliphatic heterocycles. The Morgan fingerprint density at radius 3 is 2.36 bits per heavy atom. The highest BCUT2D eigenvalue weighted by Gasteiger charge is 2.45. The molecule has 1 fully saturated rings. The molecule has 15 heteroatoms. The number of carbonyl (C=O) groups excluding carboxylic acids is 1. The SMILES string of the molecule is CS(=O)(=O)N(c1cc2c(cc1Cl)N1CCCC(NC(=O)C(F)(F)F)C1c1ccccc1O2)S(C)(=O)=O. The number of fused-ring (bicyclic) bond motifs is 5. The standard InChI is InChI=1S/C21H21ClF3N3O6S2/c1-35(30,31)28(36(2,32)33)15-11-18-16(10-13(15)22)27-9-5-7-14(26-20(29)21(23,24)25)19(27)12-6-3-4-8-17(12)34-18/h3-4,6,8,10-11,14,19H,5,7,9H2,1-2H3,(H,26,29). The average Bonchev–Trinajstić information content (AvgIpc) is 2.86. The number of nitrogens with one attached hydrogen (secondary N) is 1. The highest BCUT2D eigenvalue weighted by atomic mass is 35.5. The van der Waals surface area contributed by atoms with E-state index in [1.807, 2.05) is 0 Å². The van der Waals surface area contributed by atoms with Gasteiger partial charge in [0, 0.05) is 18.2 Å². The van der Waals surface area contributed by atoms with Gasteiger partial charge < -0.3 is 15.0 Å². The van der Waals surface area contributed by atoms with Gasteiger partial charge in [-0.05, 0) is 25.0 Å². The molecule has 2 heterocycles. The maximum atomic E-state index is 13.0. The normalized spacial score (nSPS) is 19.8. The quantitative estimate of drug-likeness (QED) is 0.601. The molecule has 2 aromatic carbocycles. The molecule has 0 radical (unpaired) electrons. The summed E-state index contributed by atoms with van der Waals surface area (Å²) >= 11 is 6.37. The molecule has 1 N–H and O–H groups in total. The summed E-state index contributed by atoms with van der Waals surface area (Å²) in [4.78, 5) is 13.5. The number of sulfonamides is 2. The third kappa shape index (κ3) is 4.93. The van der Waals surface area contributed by atoms with E-state index in [4.69, 9.17) is 16.3 Å². The molecule has 0 bridgehead atoms. The smallest absolute Gasteiger partial charge is 0.455 e. The predicted octanol–water partition coefficient (Wildman–Crippen LogP) is 3.56. The fraction of sp³-hybridized carbons (Fsp3) is 0.381. The van der Waals surface area contributed by atoms with Gasteiger partial charge in [0.2, 0.25) is 20.0 Å². The lowest BCUT2D eigenvalue weighted by Gasteiger charge is -2.42. The van der Waals surface area contributed by atoms with E-state index in [1.54, 1.807) is 29.2 Å². The number of piperidine rings is 1. The zero-order valence-corrected chi connectivity index (χ0v) is 21.3. The number of ether oxygens (including phenoxy) is 1. The highest BCUT2D eigenvalue weighted by Crippen LogP contribution is 2.50. The molecule has 2 aliphatic rings. The topological polar surface area (TPSA) is 113 Å². The van der Waals surface area contributed by atoms with Gasteiger partial charge in [0.1, 0.15) is 5.75 Å². The molecule has 36 heavy (non-hydrogen) atoms. The Bertz CT molecular complexity index is 1400. The van der Waals surface area contributed by atoms with E-state index in [0.717, 1.165) is 6.07 Å². The van der Waals surface area contributed by atoms with Crippen LogP contribution in [0.1, 0.15) is 24.4 Å². The van der Waals surface area contributed by atoms with Crippen molar-refractivity contribution in [1.29, 1.82) is 0 Å². The lowest BCUT2D eigenvalue weighted by atomic mass is 9.89. The summed E-state index contributed by atoms with van der Waals surface area (Å²) in [5.41, 5.74) is 0.426. The van der Waals surface area contributed by atoms with Crippen LogP contribution in [0.5, 0.6) is 11.5 Å². The van der Waals surface area contributed by atoms with Crippen LogP contribution in [0.25, 0.3) is 0 Å². The predicted molar refractivity (Wildman–Crippen MR) is 127 cm³/mol. The summed E-state index contributed by atoms with van der Waals surface area (Å²) in [5.74, 6) is -1.77. The molecule has 4 rings (SSSR count). The Morgan fingerprint density at radius 2 is 1.75 bits per heavy atom. The average molecular weight is 568 g/mol. The second-order valence-corrected chi connectivity index (χ2v) is 12.8. The van der Waals surface area contributed by atoms with Crippen molar-refractivity contribution in [2.75, 3.05) is 27.7 Å². The number of para-hydroxylation sites is 1. The van der Waals surface area contributed by atoms with Gasteiger partial charge in [-0.3, -0.25) is 4.79 Å². The van der Waals surface area contributed by atoms with Gasteiger partial charge in [0.15, 0.2) is 5.75 Å². The summed E-state index contributed by atoms with van der Waals surface area (Å²) in [6, 6.07) is 7.28. The molecule has 0 aromatic heterocycles. The molecule has 0 aliphatic carbocycles. The van der Waals surface area contributed by atoms with Gasteiger partial charge in [-0.25, -0.2) is 16.8 Å². The second kappa shape index (κ2) is 8.99. The lowest BCUT2D eigenvalue weighted by molar-refractivity contribution is -0.174. The van der Waals surface area contributed by atoms with Gasteiger partial charge in [0.05, 0.1) is 41.0 Å². The largest absolute Gasteiger partial charge is 0.471 e. The summed E-state index contributed by atoms with van der Waals surface area (Å²) in [5, 5.41) is 1.84. The zero-order valence-electron chi connectivity index (χ0n) is 18.9. The van der Waals surface area contributed by atoms with Gasteiger partial charge in [-0.2, -0.15) is 16.9 Å². The van der Waals surface area contributed by atoms with Gasteiger partial charge in [-0.15, -0.1) is 0 Å². The van der Waals surface area contributed by atoms with E-state index in [2.05, 4.69) is 5.32 Å². The first-order valence-electron chi connectivity index (χ1n) is 10.5. The van der Waals surface area contributed by atoms with Crippen LogP contribution >= 0.6 is 11.6 Å². The van der Waals surface area contributed by atoms with Crippen molar-refractivity contribution in [2.24, 2.45) is 0 Å². The molecule has 2 aromatic rings. The fourth-order valence-corrected chi connectivity index (χ4v) is 7.90. The Kier molecular flexibility index (Phi) is 6.58. The van der Waals surface area contributed by atoms with Crippen LogP contribution < -0.4 is 18.7 Å². The van der Waals surface area contributed by atoms with E-state index in [9.17, 15) is 34.8 Å². The molecule has 196 valence electrons. The third-order valence-electron chi connectivity index (χ3n) is 5.80. The number of hydrogen-bond donors (Lipinski definition) is 1. The van der Waals surface area contributed by atoms with E-state index >= 15 is 0 Å². The number of anilines is 2. The van der Waals surface area contributed by atoms with Crippen molar-refractivity contribution < 1.29 is 39.5 Å². The van der Waals surface area contributed by atoms with Crippen LogP contribution in [0.4, 0.5) is 24.5 Å². The van der Waals surface area contributed by atoms with Gasteiger partial charge >= 0.3 is 12.1 Å². The number of carbonyl (C=O) groups is 1. The summed E-state index contributed by atoms with van der Waals surface area (Å²) < 4.78 is 94.6. The number of nitrogens with zero attached hydrogens (tertiary/aromatic N) is 2. The van der Waals surface area contributed by atoms with E-state index in [0.29, 0.717) is 36.7 Å². The highest BCUT2D eigenvalue weighted by molar-refractivity contribution is 8.09. The Morgan fingerprint density at radius 1 is 1.11 bits per heavy atom. The van der Waals surface area contributed by atoms with Crippen LogP contribution in [-0.2, 0) is 24.8 Å². The number of hydrogen-bond acceptors (Lipinski definition) is 7. The molecule has 2 unspecified atom stereocenters. The lowest BCUT2D eigenvalue weighted by Crippen LogP contribution is -2.52. The number of halogens is 4. The molecular formula is C21H21ClF3N3O6S2. The van der Waals surface area contributed by atoms with Crippen LogP contribution in [0.3, 0.4) is 0 Å². The van der Waals surface area contributed by atoms with Crippen LogP contribution in [-0.4, -0.2) is 54.0 Å². The molecule has 0 spiro atoms. The number of amides is 1. The number of benzene rings is 2. The molecular weight excluding hydrogens is 547 g/mol. The van der Waals surface area contributed by atoms with E-state index in [1.165, 1.54) is 6.07 Å². The minimum absolute atomic E-state index is 0.0458. The second-order valence-electron chi connectivity index (χ2n) is 8.49. The van der Waals surface area contributed by atoms with Crippen molar-refractivity contribution in [3.8, 4) is 11.5 Å². The Labute approximate surface area is 210 Å². The first-order valence-corrected chi connectivity index (χ1v) is 14.6. The summed E-state index contributed by atoms with van der Waals surface area (Å²) in [7, 11) is -8.63. The maximum Gasteiger partial charge on any atom is 0.471 e. The van der Waals surface area contributed by atoms with Crippen molar-refractivity contribution in [3.63, 3.8) is 0 Å². The molecule has 9 nitrogen and oxygen atoms in total. The minimum atomic E-state index is -5.07. The van der Waals surface area contributed by atoms with Crippen LogP contribution in [0.15, 0.2) is 36.4 Å². The number of alkyl halides is 3. The van der Waals surface area contributed by atoms with Crippen molar-refractivity contribution in [1.82, 2.24) is 5.32 Å². The summed E-state index contributed by atoms with van der Waals surface area (Å²) in [6.07, 6.45) is -2.98. The van der Waals surface area contributed by atoms with Crippen molar-refractivity contribution in [2.45, 2.75) is 31.1 Å². The maximum absolute atomic E-state index is 13.0. The van der Waals surface area contributed by atoms with Crippen LogP contribution in [0, 0.1) is 0 Å². The Balaban J connectivity index is 1.90. The molecule has 0 saturated carbocycles. The summed E-state index contributed by atoms with van der Waals surface area (Å²) in [6.45, 7) is 0.352. The molecule has 1 amide bonds. The molecule has 2 atom stereocenters. The third-order valence-corrected chi connectivity index (χ3v) is 9.33. The van der Waals surface area contributed by atoms with Crippen LogP contribution in [0.2, 0.25) is 5.02 Å². The first-order chi connectivity index (χ1) is 16.6.